The summed E-state index contributed by atoms with van der Waals surface area (Å²) in [6, 6.07) is 2.38. The van der Waals surface area contributed by atoms with E-state index < -0.39 is 0 Å². The minimum atomic E-state index is 0.214. The van der Waals surface area contributed by atoms with E-state index in [9.17, 15) is 4.79 Å². The third-order valence-electron chi connectivity index (χ3n) is 3.73. The SMILES string of the molecule is C[C@@H](CC(=O)N1CCOCC1)NC[C@H](C)c1ccsc1. The van der Waals surface area contributed by atoms with Crippen molar-refractivity contribution in [3.63, 3.8) is 0 Å². The number of nitrogens with one attached hydrogen (secondary N) is 1. The van der Waals surface area contributed by atoms with Gasteiger partial charge in [0.15, 0.2) is 0 Å². The molecule has 1 N–H and O–H groups in total. The molecule has 1 saturated heterocycles. The number of thiophene rings is 1. The first-order chi connectivity index (χ1) is 9.66. The Balaban J connectivity index is 1.69. The second-order valence-corrected chi connectivity index (χ2v) is 6.24. The van der Waals surface area contributed by atoms with Crippen molar-refractivity contribution >= 4 is 17.2 Å². The molecule has 20 heavy (non-hydrogen) atoms. The van der Waals surface area contributed by atoms with Crippen LogP contribution in [-0.4, -0.2) is 49.7 Å². The standard InChI is InChI=1S/C15H24N2O2S/c1-12(14-3-8-20-11-14)10-16-13(2)9-15(18)17-4-6-19-7-5-17/h3,8,11-13,16H,4-7,9-10H2,1-2H3/t12-,13-/m0/s1. The highest BCUT2D eigenvalue weighted by atomic mass is 32.1. The fourth-order valence-corrected chi connectivity index (χ4v) is 3.11. The van der Waals surface area contributed by atoms with Crippen LogP contribution in [0, 0.1) is 0 Å². The molecule has 5 heteroatoms. The Morgan fingerprint density at radius 1 is 1.45 bits per heavy atom. The molecule has 1 aromatic rings. The summed E-state index contributed by atoms with van der Waals surface area (Å²) in [7, 11) is 0. The topological polar surface area (TPSA) is 41.6 Å². The van der Waals surface area contributed by atoms with E-state index in [-0.39, 0.29) is 11.9 Å². The van der Waals surface area contributed by atoms with Crippen LogP contribution in [0.25, 0.3) is 0 Å². The highest BCUT2D eigenvalue weighted by molar-refractivity contribution is 7.07. The number of hydrogen-bond donors (Lipinski definition) is 1. The monoisotopic (exact) mass is 296 g/mol. The van der Waals surface area contributed by atoms with Gasteiger partial charge in [0, 0.05) is 32.1 Å². The predicted octanol–water partition coefficient (Wildman–Crippen LogP) is 2.08. The Morgan fingerprint density at radius 2 is 2.20 bits per heavy atom. The van der Waals surface area contributed by atoms with Crippen molar-refractivity contribution < 1.29 is 9.53 Å². The normalized spacial score (nSPS) is 18.8. The third-order valence-corrected chi connectivity index (χ3v) is 4.43. The van der Waals surface area contributed by atoms with E-state index in [4.69, 9.17) is 4.74 Å². The summed E-state index contributed by atoms with van der Waals surface area (Å²) >= 11 is 1.73. The van der Waals surface area contributed by atoms with Gasteiger partial charge in [-0.2, -0.15) is 11.3 Å². The molecule has 4 nitrogen and oxygen atoms in total. The minimum absolute atomic E-state index is 0.214. The first-order valence-electron chi connectivity index (χ1n) is 7.28. The zero-order valence-corrected chi connectivity index (χ0v) is 13.1. The predicted molar refractivity (Wildman–Crippen MR) is 82.2 cm³/mol. The van der Waals surface area contributed by atoms with Crippen LogP contribution in [0.3, 0.4) is 0 Å². The third kappa shape index (κ3) is 4.58. The molecule has 2 heterocycles. The number of carbonyl (C=O) groups excluding carboxylic acids is 1. The van der Waals surface area contributed by atoms with Crippen LogP contribution < -0.4 is 5.32 Å². The van der Waals surface area contributed by atoms with Crippen molar-refractivity contribution in [1.29, 1.82) is 0 Å². The van der Waals surface area contributed by atoms with Crippen molar-refractivity contribution in [2.45, 2.75) is 32.2 Å². The van der Waals surface area contributed by atoms with Gasteiger partial charge in [0.25, 0.3) is 0 Å². The molecule has 2 atom stereocenters. The Kier molecular flexibility index (Phi) is 6.01. The average Bonchev–Trinajstić information content (AvgIpc) is 3.00. The summed E-state index contributed by atoms with van der Waals surface area (Å²) in [5, 5.41) is 7.77. The van der Waals surface area contributed by atoms with Crippen LogP contribution in [0.5, 0.6) is 0 Å². The molecule has 0 unspecified atom stereocenters. The molecular formula is C15H24N2O2S. The molecule has 1 fully saturated rings. The summed E-state index contributed by atoms with van der Waals surface area (Å²) in [4.78, 5) is 14.0. The van der Waals surface area contributed by atoms with Gasteiger partial charge in [0.05, 0.1) is 13.2 Å². The number of nitrogens with zero attached hydrogens (tertiary/aromatic N) is 1. The molecule has 1 aliphatic heterocycles. The average molecular weight is 296 g/mol. The van der Waals surface area contributed by atoms with Crippen LogP contribution in [0.2, 0.25) is 0 Å². The smallest absolute Gasteiger partial charge is 0.224 e. The maximum absolute atomic E-state index is 12.1. The Hall–Kier alpha value is -0.910. The number of hydrogen-bond acceptors (Lipinski definition) is 4. The first-order valence-corrected chi connectivity index (χ1v) is 8.22. The summed E-state index contributed by atoms with van der Waals surface area (Å²) in [5.74, 6) is 0.721. The molecule has 1 amide bonds. The number of carbonyl (C=O) groups is 1. The molecule has 0 aromatic carbocycles. The van der Waals surface area contributed by atoms with E-state index in [1.165, 1.54) is 5.56 Å². The summed E-state index contributed by atoms with van der Waals surface area (Å²) in [5.41, 5.74) is 1.37. The van der Waals surface area contributed by atoms with Gasteiger partial charge in [-0.1, -0.05) is 6.92 Å². The maximum atomic E-state index is 12.1. The van der Waals surface area contributed by atoms with Crippen molar-refractivity contribution in [3.8, 4) is 0 Å². The van der Waals surface area contributed by atoms with Gasteiger partial charge in [-0.3, -0.25) is 4.79 Å². The second-order valence-electron chi connectivity index (χ2n) is 5.46. The zero-order chi connectivity index (χ0) is 14.4. The highest BCUT2D eigenvalue weighted by Crippen LogP contribution is 2.17. The lowest BCUT2D eigenvalue weighted by Crippen LogP contribution is -2.43. The molecule has 1 aliphatic rings. The van der Waals surface area contributed by atoms with Crippen LogP contribution in [0.4, 0.5) is 0 Å². The van der Waals surface area contributed by atoms with Gasteiger partial charge < -0.3 is 15.0 Å². The fraction of sp³-hybridized carbons (Fsp3) is 0.667. The number of amides is 1. The number of morpholine rings is 1. The van der Waals surface area contributed by atoms with Crippen LogP contribution in [-0.2, 0) is 9.53 Å². The Bertz CT molecular complexity index is 402. The largest absolute Gasteiger partial charge is 0.378 e. The van der Waals surface area contributed by atoms with E-state index in [1.54, 1.807) is 11.3 Å². The van der Waals surface area contributed by atoms with Gasteiger partial charge in [-0.15, -0.1) is 0 Å². The number of rotatable bonds is 6. The van der Waals surface area contributed by atoms with Crippen LogP contribution in [0.15, 0.2) is 16.8 Å². The van der Waals surface area contributed by atoms with Crippen molar-refractivity contribution in [2.75, 3.05) is 32.8 Å². The van der Waals surface area contributed by atoms with Crippen molar-refractivity contribution in [3.05, 3.63) is 22.4 Å². The van der Waals surface area contributed by atoms with E-state index >= 15 is 0 Å². The molecule has 2 rings (SSSR count). The lowest BCUT2D eigenvalue weighted by atomic mass is 10.0. The van der Waals surface area contributed by atoms with Crippen molar-refractivity contribution in [1.82, 2.24) is 10.2 Å². The van der Waals surface area contributed by atoms with E-state index in [0.29, 0.717) is 25.6 Å². The summed E-state index contributed by atoms with van der Waals surface area (Å²) in [6.45, 7) is 8.01. The molecule has 0 radical (unpaired) electrons. The van der Waals surface area contributed by atoms with Gasteiger partial charge in [-0.25, -0.2) is 0 Å². The summed E-state index contributed by atoms with van der Waals surface area (Å²) < 4.78 is 5.27. The fourth-order valence-electron chi connectivity index (χ4n) is 2.33. The minimum Gasteiger partial charge on any atom is -0.378 e. The van der Waals surface area contributed by atoms with Crippen LogP contribution in [0.1, 0.15) is 31.7 Å². The summed E-state index contributed by atoms with van der Waals surface area (Å²) in [6.07, 6.45) is 0.566. The van der Waals surface area contributed by atoms with Gasteiger partial charge in [0.2, 0.25) is 5.91 Å². The molecule has 112 valence electrons. The number of ether oxygens (including phenoxy) is 1. The molecule has 0 spiro atoms. The molecule has 0 saturated carbocycles. The highest BCUT2D eigenvalue weighted by Gasteiger charge is 2.19. The van der Waals surface area contributed by atoms with Gasteiger partial charge in [0.1, 0.15) is 0 Å². The quantitative estimate of drug-likeness (QED) is 0.874. The molecule has 1 aromatic heterocycles. The zero-order valence-electron chi connectivity index (χ0n) is 12.3. The van der Waals surface area contributed by atoms with Gasteiger partial charge in [-0.05, 0) is 35.2 Å². The second kappa shape index (κ2) is 7.76. The molecule has 0 aliphatic carbocycles. The van der Waals surface area contributed by atoms with E-state index in [2.05, 4.69) is 36.0 Å². The maximum Gasteiger partial charge on any atom is 0.224 e. The van der Waals surface area contributed by atoms with E-state index in [0.717, 1.165) is 19.6 Å². The lowest BCUT2D eigenvalue weighted by Gasteiger charge is -2.28. The first kappa shape index (κ1) is 15.5. The van der Waals surface area contributed by atoms with E-state index in [1.807, 2.05) is 4.90 Å². The van der Waals surface area contributed by atoms with Crippen LogP contribution >= 0.6 is 11.3 Å². The molecular weight excluding hydrogens is 272 g/mol. The van der Waals surface area contributed by atoms with Crippen molar-refractivity contribution in [2.24, 2.45) is 0 Å². The lowest BCUT2D eigenvalue weighted by molar-refractivity contribution is -0.135. The molecule has 0 bridgehead atoms. The van der Waals surface area contributed by atoms with Gasteiger partial charge >= 0.3 is 0 Å². The Morgan fingerprint density at radius 3 is 2.85 bits per heavy atom. The Labute approximate surface area is 125 Å².